The molecule has 18 heavy (non-hydrogen) atoms. The number of carbonyl (C=O) groups excluding carboxylic acids is 1. The molecule has 0 saturated carbocycles. The Morgan fingerprint density at radius 1 is 1.28 bits per heavy atom. The first-order valence-corrected chi connectivity index (χ1v) is 5.88. The zero-order chi connectivity index (χ0) is 12.8. The van der Waals surface area contributed by atoms with E-state index in [4.69, 9.17) is 4.74 Å². The molecular weight excluding hydrogens is 226 g/mol. The Bertz CT molecular complexity index is 523. The van der Waals surface area contributed by atoms with E-state index in [-0.39, 0.29) is 0 Å². The van der Waals surface area contributed by atoms with Gasteiger partial charge in [-0.3, -0.25) is 4.79 Å². The molecule has 0 atom stereocenters. The van der Waals surface area contributed by atoms with Gasteiger partial charge in [-0.1, -0.05) is 30.3 Å². The van der Waals surface area contributed by atoms with Gasteiger partial charge in [-0.05, 0) is 18.6 Å². The Kier molecular flexibility index (Phi) is 4.07. The summed E-state index contributed by atoms with van der Waals surface area (Å²) in [6, 6.07) is 11.9. The molecule has 2 rings (SSSR count). The van der Waals surface area contributed by atoms with Crippen molar-refractivity contribution < 1.29 is 9.53 Å². The van der Waals surface area contributed by atoms with E-state index in [1.807, 2.05) is 25.1 Å². The molecule has 0 aliphatic rings. The van der Waals surface area contributed by atoms with Gasteiger partial charge in [0, 0.05) is 23.7 Å². The summed E-state index contributed by atoms with van der Waals surface area (Å²) < 4.78 is 5.61. The number of pyridine rings is 1. The highest BCUT2D eigenvalue weighted by atomic mass is 16.5. The lowest BCUT2D eigenvalue weighted by molar-refractivity contribution is 0.112. The van der Waals surface area contributed by atoms with Crippen molar-refractivity contribution in [1.82, 2.24) is 4.98 Å². The minimum Gasteiger partial charge on any atom is -0.477 e. The number of ether oxygens (including phenoxy) is 1. The second-order valence-corrected chi connectivity index (χ2v) is 4.09. The Hall–Kier alpha value is -2.16. The molecule has 1 heterocycles. The number of hydrogen-bond acceptors (Lipinski definition) is 3. The molecule has 2 aromatic rings. The van der Waals surface area contributed by atoms with E-state index in [1.165, 1.54) is 11.8 Å². The molecule has 92 valence electrons. The van der Waals surface area contributed by atoms with Crippen LogP contribution in [0, 0.1) is 6.92 Å². The third-order valence-electron chi connectivity index (χ3n) is 2.66. The average molecular weight is 241 g/mol. The van der Waals surface area contributed by atoms with Crippen LogP contribution in [-0.4, -0.2) is 17.9 Å². The fraction of sp³-hybridized carbons (Fsp3) is 0.200. The number of aryl methyl sites for hydroxylation is 1. The largest absolute Gasteiger partial charge is 0.477 e. The van der Waals surface area contributed by atoms with Gasteiger partial charge in [0.2, 0.25) is 5.88 Å². The molecule has 3 heteroatoms. The highest BCUT2D eigenvalue weighted by Crippen LogP contribution is 2.14. The van der Waals surface area contributed by atoms with Crippen LogP contribution < -0.4 is 4.74 Å². The zero-order valence-electron chi connectivity index (χ0n) is 10.3. The summed E-state index contributed by atoms with van der Waals surface area (Å²) in [6.45, 7) is 2.47. The van der Waals surface area contributed by atoms with Crippen LogP contribution in [0.4, 0.5) is 0 Å². The fourth-order valence-corrected chi connectivity index (χ4v) is 1.71. The van der Waals surface area contributed by atoms with E-state index in [2.05, 4.69) is 17.1 Å². The van der Waals surface area contributed by atoms with Gasteiger partial charge in [0.15, 0.2) is 6.29 Å². The lowest BCUT2D eigenvalue weighted by atomic mass is 10.2. The minimum atomic E-state index is 0.572. The molecule has 0 spiro atoms. The van der Waals surface area contributed by atoms with Gasteiger partial charge in [0.05, 0.1) is 6.61 Å². The minimum absolute atomic E-state index is 0.572. The predicted molar refractivity (Wildman–Crippen MR) is 70.0 cm³/mol. The monoisotopic (exact) mass is 241 g/mol. The molecule has 0 bridgehead atoms. The van der Waals surface area contributed by atoms with E-state index in [0.29, 0.717) is 18.1 Å². The van der Waals surface area contributed by atoms with E-state index >= 15 is 0 Å². The van der Waals surface area contributed by atoms with Crippen LogP contribution in [0.2, 0.25) is 0 Å². The van der Waals surface area contributed by atoms with Crippen molar-refractivity contribution in [2.24, 2.45) is 0 Å². The molecule has 3 nitrogen and oxygen atoms in total. The number of nitrogens with zero attached hydrogens (tertiary/aromatic N) is 1. The van der Waals surface area contributed by atoms with Crippen LogP contribution >= 0.6 is 0 Å². The molecule has 0 saturated heterocycles. The summed E-state index contributed by atoms with van der Waals surface area (Å²) in [6.07, 6.45) is 3.16. The number of aromatic nitrogens is 1. The normalized spacial score (nSPS) is 10.1. The number of hydrogen-bond donors (Lipinski definition) is 0. The maximum absolute atomic E-state index is 10.6. The molecule has 0 N–H and O–H groups in total. The molecule has 1 aromatic carbocycles. The maximum Gasteiger partial charge on any atom is 0.216 e. The smallest absolute Gasteiger partial charge is 0.216 e. The average Bonchev–Trinajstić information content (AvgIpc) is 2.42. The molecule has 0 fully saturated rings. The third kappa shape index (κ3) is 3.17. The summed E-state index contributed by atoms with van der Waals surface area (Å²) >= 11 is 0. The standard InChI is InChI=1S/C15H15NO2/c1-12-9-14(11-17)10-16-15(12)18-8-7-13-5-3-2-4-6-13/h2-6,9-11H,7-8H2,1H3. The van der Waals surface area contributed by atoms with Gasteiger partial charge in [0.25, 0.3) is 0 Å². The van der Waals surface area contributed by atoms with E-state index < -0.39 is 0 Å². The van der Waals surface area contributed by atoms with Gasteiger partial charge < -0.3 is 4.74 Å². The van der Waals surface area contributed by atoms with Crippen LogP contribution in [0.15, 0.2) is 42.6 Å². The van der Waals surface area contributed by atoms with Gasteiger partial charge in [-0.2, -0.15) is 0 Å². The zero-order valence-corrected chi connectivity index (χ0v) is 10.3. The van der Waals surface area contributed by atoms with Gasteiger partial charge in [-0.25, -0.2) is 4.98 Å². The second kappa shape index (κ2) is 5.96. The first-order chi connectivity index (χ1) is 8.79. The summed E-state index contributed by atoms with van der Waals surface area (Å²) in [7, 11) is 0. The Morgan fingerprint density at radius 3 is 2.72 bits per heavy atom. The molecule has 1 aromatic heterocycles. The van der Waals surface area contributed by atoms with Crippen molar-refractivity contribution in [3.05, 3.63) is 59.3 Å². The quantitative estimate of drug-likeness (QED) is 0.756. The predicted octanol–water partition coefficient (Wildman–Crippen LogP) is 2.82. The summed E-state index contributed by atoms with van der Waals surface area (Å²) in [5.74, 6) is 0.594. The molecule has 0 amide bonds. The van der Waals surface area contributed by atoms with Crippen LogP contribution in [0.3, 0.4) is 0 Å². The van der Waals surface area contributed by atoms with Crippen molar-refractivity contribution in [2.45, 2.75) is 13.3 Å². The highest BCUT2D eigenvalue weighted by Gasteiger charge is 2.02. The lowest BCUT2D eigenvalue weighted by Gasteiger charge is -2.08. The Morgan fingerprint density at radius 2 is 2.06 bits per heavy atom. The van der Waals surface area contributed by atoms with E-state index in [1.54, 1.807) is 6.07 Å². The van der Waals surface area contributed by atoms with Crippen molar-refractivity contribution >= 4 is 6.29 Å². The van der Waals surface area contributed by atoms with Crippen LogP contribution in [0.1, 0.15) is 21.5 Å². The first kappa shape index (κ1) is 12.3. The maximum atomic E-state index is 10.6. The van der Waals surface area contributed by atoms with Gasteiger partial charge >= 0.3 is 0 Å². The number of carbonyl (C=O) groups is 1. The summed E-state index contributed by atoms with van der Waals surface area (Å²) in [5, 5.41) is 0. The number of aldehydes is 1. The highest BCUT2D eigenvalue weighted by molar-refractivity contribution is 5.74. The van der Waals surface area contributed by atoms with Gasteiger partial charge in [0.1, 0.15) is 0 Å². The Labute approximate surface area is 106 Å². The van der Waals surface area contributed by atoms with E-state index in [9.17, 15) is 4.79 Å². The topological polar surface area (TPSA) is 39.2 Å². The Balaban J connectivity index is 1.92. The van der Waals surface area contributed by atoms with Crippen LogP contribution in [0.25, 0.3) is 0 Å². The summed E-state index contributed by atoms with van der Waals surface area (Å²) in [4.78, 5) is 14.7. The van der Waals surface area contributed by atoms with Crippen molar-refractivity contribution in [3.63, 3.8) is 0 Å². The fourth-order valence-electron chi connectivity index (χ4n) is 1.71. The van der Waals surface area contributed by atoms with Crippen LogP contribution in [0.5, 0.6) is 5.88 Å². The first-order valence-electron chi connectivity index (χ1n) is 5.88. The third-order valence-corrected chi connectivity index (χ3v) is 2.66. The van der Waals surface area contributed by atoms with Crippen molar-refractivity contribution in [3.8, 4) is 5.88 Å². The van der Waals surface area contributed by atoms with Crippen LogP contribution in [-0.2, 0) is 6.42 Å². The van der Waals surface area contributed by atoms with Gasteiger partial charge in [-0.15, -0.1) is 0 Å². The lowest BCUT2D eigenvalue weighted by Crippen LogP contribution is -2.04. The molecule has 0 unspecified atom stereocenters. The van der Waals surface area contributed by atoms with Crippen molar-refractivity contribution in [1.29, 1.82) is 0 Å². The second-order valence-electron chi connectivity index (χ2n) is 4.09. The molecular formula is C15H15NO2. The number of benzene rings is 1. The molecule has 0 aliphatic carbocycles. The SMILES string of the molecule is Cc1cc(C=O)cnc1OCCc1ccccc1. The number of rotatable bonds is 5. The molecule has 0 radical (unpaired) electrons. The summed E-state index contributed by atoms with van der Waals surface area (Å²) in [5.41, 5.74) is 2.69. The van der Waals surface area contributed by atoms with Crippen molar-refractivity contribution in [2.75, 3.05) is 6.61 Å². The molecule has 0 aliphatic heterocycles. The van der Waals surface area contributed by atoms with E-state index in [0.717, 1.165) is 18.3 Å².